The fraction of sp³-hybridized carbons (Fsp3) is 0.471. The highest BCUT2D eigenvalue weighted by Crippen LogP contribution is 2.38. The van der Waals surface area contributed by atoms with Gasteiger partial charge in [0.2, 0.25) is 5.91 Å². The molecular formula is C17H23BN4O3. The maximum atomic E-state index is 11.4. The average Bonchev–Trinajstić information content (AvgIpc) is 3.05. The number of hydrogen-bond donors (Lipinski definition) is 2. The molecule has 1 aromatic carbocycles. The molecule has 2 heterocycles. The van der Waals surface area contributed by atoms with E-state index in [1.54, 1.807) is 0 Å². The molecule has 0 spiro atoms. The number of aromatic nitrogens is 3. The molecule has 1 saturated heterocycles. The summed E-state index contributed by atoms with van der Waals surface area (Å²) in [5.74, 6) is -0.102. The second-order valence-corrected chi connectivity index (χ2v) is 7.29. The van der Waals surface area contributed by atoms with Gasteiger partial charge in [0.15, 0.2) is 0 Å². The quantitative estimate of drug-likeness (QED) is 0.831. The SMILES string of the molecule is CC(=O)NCC(=Cc1ccc2n[nH]nc2c1)B1OC(C)(C)C(C)(C)O1. The number of fused-ring (bicyclic) bond motifs is 1. The van der Waals surface area contributed by atoms with Gasteiger partial charge < -0.3 is 14.6 Å². The van der Waals surface area contributed by atoms with Crippen LogP contribution in [-0.2, 0) is 14.1 Å². The summed E-state index contributed by atoms with van der Waals surface area (Å²) in [5, 5.41) is 13.6. The van der Waals surface area contributed by atoms with Gasteiger partial charge in [0.05, 0.1) is 11.2 Å². The first-order valence-corrected chi connectivity index (χ1v) is 8.29. The highest BCUT2D eigenvalue weighted by Gasteiger charge is 2.52. The summed E-state index contributed by atoms with van der Waals surface area (Å²) >= 11 is 0. The topological polar surface area (TPSA) is 89.1 Å². The average molecular weight is 342 g/mol. The van der Waals surface area contributed by atoms with Crippen LogP contribution in [0, 0.1) is 0 Å². The summed E-state index contributed by atoms with van der Waals surface area (Å²) in [6.45, 7) is 9.86. The zero-order valence-corrected chi connectivity index (χ0v) is 15.2. The van der Waals surface area contributed by atoms with Gasteiger partial charge in [-0.25, -0.2) is 0 Å². The lowest BCUT2D eigenvalue weighted by atomic mass is 9.77. The van der Waals surface area contributed by atoms with Crippen molar-refractivity contribution in [1.82, 2.24) is 20.7 Å². The van der Waals surface area contributed by atoms with Crippen LogP contribution in [0.4, 0.5) is 0 Å². The van der Waals surface area contributed by atoms with Gasteiger partial charge in [0, 0.05) is 13.5 Å². The van der Waals surface area contributed by atoms with Crippen LogP contribution in [-0.4, -0.2) is 46.2 Å². The Balaban J connectivity index is 1.92. The molecular weight excluding hydrogens is 319 g/mol. The van der Waals surface area contributed by atoms with Crippen molar-refractivity contribution in [3.8, 4) is 0 Å². The van der Waals surface area contributed by atoms with Gasteiger partial charge in [-0.1, -0.05) is 12.1 Å². The lowest BCUT2D eigenvalue weighted by Crippen LogP contribution is -2.41. The normalized spacial score (nSPS) is 19.4. The first kappa shape index (κ1) is 17.6. The summed E-state index contributed by atoms with van der Waals surface area (Å²) in [6.07, 6.45) is 1.96. The van der Waals surface area contributed by atoms with Gasteiger partial charge in [-0.2, -0.15) is 15.4 Å². The van der Waals surface area contributed by atoms with Crippen molar-refractivity contribution < 1.29 is 14.1 Å². The van der Waals surface area contributed by atoms with Crippen molar-refractivity contribution in [2.24, 2.45) is 0 Å². The van der Waals surface area contributed by atoms with Gasteiger partial charge in [0.1, 0.15) is 11.0 Å². The van der Waals surface area contributed by atoms with Crippen LogP contribution in [0.2, 0.25) is 0 Å². The molecule has 3 rings (SSSR count). The third-order valence-electron chi connectivity index (χ3n) is 4.79. The minimum atomic E-state index is -0.523. The zero-order chi connectivity index (χ0) is 18.2. The number of aromatic amines is 1. The second-order valence-electron chi connectivity index (χ2n) is 7.29. The Kier molecular flexibility index (Phi) is 4.42. The molecule has 25 heavy (non-hydrogen) atoms. The van der Waals surface area contributed by atoms with Gasteiger partial charge in [-0.15, -0.1) is 0 Å². The number of carbonyl (C=O) groups is 1. The lowest BCUT2D eigenvalue weighted by Gasteiger charge is -2.32. The standard InChI is InChI=1S/C17H23BN4O3/c1-11(23)19-10-13(18-24-16(2,3)17(4,5)25-18)8-12-6-7-14-15(9-12)21-22-20-14/h6-9H,10H2,1-5H3,(H,19,23)(H,20,21,22). The number of H-pyrrole nitrogens is 1. The molecule has 1 fully saturated rings. The zero-order valence-electron chi connectivity index (χ0n) is 15.2. The fourth-order valence-corrected chi connectivity index (χ4v) is 2.58. The maximum Gasteiger partial charge on any atom is 0.492 e. The number of hydrogen-bond acceptors (Lipinski definition) is 5. The molecule has 7 nitrogen and oxygen atoms in total. The third-order valence-corrected chi connectivity index (χ3v) is 4.79. The van der Waals surface area contributed by atoms with E-state index in [4.69, 9.17) is 9.31 Å². The molecule has 0 aliphatic carbocycles. The molecule has 1 aliphatic heterocycles. The Morgan fingerprint density at radius 2 is 1.84 bits per heavy atom. The van der Waals surface area contributed by atoms with E-state index in [2.05, 4.69) is 20.7 Å². The van der Waals surface area contributed by atoms with Gasteiger partial charge in [-0.3, -0.25) is 4.79 Å². The van der Waals surface area contributed by atoms with Crippen LogP contribution in [0.3, 0.4) is 0 Å². The van der Waals surface area contributed by atoms with Gasteiger partial charge in [0.25, 0.3) is 0 Å². The van der Waals surface area contributed by atoms with Crippen LogP contribution >= 0.6 is 0 Å². The van der Waals surface area contributed by atoms with Crippen molar-refractivity contribution in [3.05, 3.63) is 29.2 Å². The second kappa shape index (κ2) is 6.27. The largest absolute Gasteiger partial charge is 0.492 e. The highest BCUT2D eigenvalue weighted by molar-refractivity contribution is 6.56. The van der Waals surface area contributed by atoms with Crippen molar-refractivity contribution in [1.29, 1.82) is 0 Å². The van der Waals surface area contributed by atoms with E-state index in [0.29, 0.717) is 6.54 Å². The van der Waals surface area contributed by atoms with Crippen LogP contribution < -0.4 is 5.32 Å². The fourth-order valence-electron chi connectivity index (χ4n) is 2.58. The number of amides is 1. The Morgan fingerprint density at radius 1 is 1.20 bits per heavy atom. The number of nitrogens with zero attached hydrogens (tertiary/aromatic N) is 2. The Labute approximate surface area is 147 Å². The van der Waals surface area contributed by atoms with Gasteiger partial charge >= 0.3 is 7.12 Å². The molecule has 0 unspecified atom stereocenters. The molecule has 8 heteroatoms. The molecule has 1 aliphatic rings. The van der Waals surface area contributed by atoms with E-state index in [0.717, 1.165) is 22.1 Å². The summed E-state index contributed by atoms with van der Waals surface area (Å²) in [6, 6.07) is 5.77. The highest BCUT2D eigenvalue weighted by atomic mass is 16.7. The number of rotatable bonds is 4. The van der Waals surface area contributed by atoms with Gasteiger partial charge in [-0.05, 0) is 50.9 Å². The molecule has 132 valence electrons. The Morgan fingerprint density at radius 3 is 2.48 bits per heavy atom. The first-order chi connectivity index (χ1) is 11.7. The molecule has 0 bridgehead atoms. The van der Waals surface area contributed by atoms with Crippen LogP contribution in [0.5, 0.6) is 0 Å². The molecule has 2 aromatic rings. The van der Waals surface area contributed by atoms with Crippen LogP contribution in [0.1, 0.15) is 40.2 Å². The molecule has 0 radical (unpaired) electrons. The van der Waals surface area contributed by atoms with Crippen molar-refractivity contribution in [2.45, 2.75) is 45.8 Å². The summed E-state index contributed by atoms with van der Waals surface area (Å²) in [7, 11) is -0.523. The minimum Gasteiger partial charge on any atom is -0.400 e. The summed E-state index contributed by atoms with van der Waals surface area (Å²) < 4.78 is 12.3. The Bertz CT molecular complexity index is 812. The predicted molar refractivity (Wildman–Crippen MR) is 96.6 cm³/mol. The van der Waals surface area contributed by atoms with Crippen molar-refractivity contribution in [3.63, 3.8) is 0 Å². The van der Waals surface area contributed by atoms with E-state index in [1.165, 1.54) is 6.92 Å². The summed E-state index contributed by atoms with van der Waals surface area (Å²) in [5.41, 5.74) is 2.48. The van der Waals surface area contributed by atoms with Crippen molar-refractivity contribution >= 4 is 30.1 Å². The number of carbonyl (C=O) groups excluding carboxylic acids is 1. The minimum absolute atomic E-state index is 0.102. The molecule has 0 saturated carbocycles. The van der Waals surface area contributed by atoms with E-state index in [-0.39, 0.29) is 5.91 Å². The number of nitrogens with one attached hydrogen (secondary N) is 2. The van der Waals surface area contributed by atoms with E-state index in [1.807, 2.05) is 52.0 Å². The molecule has 1 aromatic heterocycles. The monoisotopic (exact) mass is 342 g/mol. The van der Waals surface area contributed by atoms with E-state index >= 15 is 0 Å². The van der Waals surface area contributed by atoms with E-state index in [9.17, 15) is 4.79 Å². The maximum absolute atomic E-state index is 11.4. The third kappa shape index (κ3) is 3.59. The van der Waals surface area contributed by atoms with Crippen molar-refractivity contribution in [2.75, 3.05) is 6.54 Å². The smallest absolute Gasteiger partial charge is 0.400 e. The molecule has 1 amide bonds. The van der Waals surface area contributed by atoms with Crippen LogP contribution in [0.15, 0.2) is 23.7 Å². The molecule has 0 atom stereocenters. The predicted octanol–water partition coefficient (Wildman–Crippen LogP) is 2.11. The van der Waals surface area contributed by atoms with Crippen LogP contribution in [0.25, 0.3) is 17.1 Å². The summed E-state index contributed by atoms with van der Waals surface area (Å²) in [4.78, 5) is 11.4. The number of benzene rings is 1. The Hall–Kier alpha value is -2.19. The molecule has 2 N–H and O–H groups in total. The van der Waals surface area contributed by atoms with E-state index < -0.39 is 18.3 Å². The first-order valence-electron chi connectivity index (χ1n) is 8.29. The lowest BCUT2D eigenvalue weighted by molar-refractivity contribution is -0.118.